The molecule has 5 aromatic carbocycles. The van der Waals surface area contributed by atoms with Gasteiger partial charge in [0, 0.05) is 57.9 Å². The molecule has 0 saturated carbocycles. The van der Waals surface area contributed by atoms with Gasteiger partial charge >= 0.3 is 0 Å². The van der Waals surface area contributed by atoms with Crippen LogP contribution in [-0.4, -0.2) is 33.2 Å². The molecule has 12 nitrogen and oxygen atoms in total. The van der Waals surface area contributed by atoms with Crippen LogP contribution < -0.4 is 10.6 Å². The number of nitrogens with zero attached hydrogens (tertiary/aromatic N) is 2. The molecule has 0 fully saturated rings. The van der Waals surface area contributed by atoms with Crippen molar-refractivity contribution in [2.24, 2.45) is 0 Å². The summed E-state index contributed by atoms with van der Waals surface area (Å²) in [4.78, 5) is 71.7. The number of hydrogen-bond acceptors (Lipinski definition) is 8. The number of anilines is 2. The number of carbonyl (C=O) groups excluding carboxylic acids is 4. The molecule has 0 aliphatic carbocycles. The van der Waals surface area contributed by atoms with Gasteiger partial charge in [0.2, 0.25) is 0 Å². The summed E-state index contributed by atoms with van der Waals surface area (Å²) in [6, 6.07) is 30.4. The van der Waals surface area contributed by atoms with E-state index in [2.05, 4.69) is 10.6 Å². The summed E-state index contributed by atoms with van der Waals surface area (Å²) >= 11 is 0. The summed E-state index contributed by atoms with van der Waals surface area (Å²) in [5.74, 6) is -1.73. The van der Waals surface area contributed by atoms with Gasteiger partial charge in [0.05, 0.1) is 9.85 Å². The molecule has 0 spiro atoms. The SMILES string of the molecule is O=C(/C=C/c1ccc(/C=C/C(=O)c2cccc(NC(=O)c3cccc([N+](=O)[O-])c3)c2)cc1)c1cccc(NC(=O)c2cccc([N+](=O)[O-])c2)c1. The van der Waals surface area contributed by atoms with E-state index in [1.54, 1.807) is 72.8 Å². The lowest BCUT2D eigenvalue weighted by molar-refractivity contribution is -0.385. The first-order valence-electron chi connectivity index (χ1n) is 14.9. The maximum absolute atomic E-state index is 12.8. The van der Waals surface area contributed by atoms with Crippen LogP contribution in [0.1, 0.15) is 52.6 Å². The highest BCUT2D eigenvalue weighted by molar-refractivity contribution is 6.10. The Labute approximate surface area is 284 Å². The van der Waals surface area contributed by atoms with Crippen molar-refractivity contribution in [2.75, 3.05) is 10.6 Å². The first-order chi connectivity index (χ1) is 24.0. The third-order valence-corrected chi connectivity index (χ3v) is 7.24. The van der Waals surface area contributed by atoms with Crippen molar-refractivity contribution in [3.05, 3.63) is 187 Å². The third-order valence-electron chi connectivity index (χ3n) is 7.24. The number of carbonyl (C=O) groups is 4. The first kappa shape index (κ1) is 34.0. The standard InChI is InChI=1S/C38H26N4O8/c43-35(27-5-1-9-31(21-27)39-37(45)29-7-3-11-33(23-29)41(47)48)19-17-25-13-15-26(16-14-25)18-20-36(44)28-6-2-10-32(22-28)40-38(46)30-8-4-12-34(24-30)42(49)50/h1-24H,(H,39,45)(H,40,46)/b19-17+,20-18+. The van der Waals surface area contributed by atoms with E-state index in [-0.39, 0.29) is 34.1 Å². The second kappa shape index (κ2) is 15.5. The van der Waals surface area contributed by atoms with Gasteiger partial charge < -0.3 is 10.6 Å². The van der Waals surface area contributed by atoms with Crippen molar-refractivity contribution in [3.8, 4) is 0 Å². The Morgan fingerprint density at radius 3 is 1.22 bits per heavy atom. The molecule has 0 saturated heterocycles. The summed E-state index contributed by atoms with van der Waals surface area (Å²) in [6.07, 6.45) is 6.03. The van der Waals surface area contributed by atoms with Gasteiger partial charge in [0.15, 0.2) is 11.6 Å². The zero-order valence-corrected chi connectivity index (χ0v) is 26.0. The molecule has 0 unspecified atom stereocenters. The molecule has 0 aromatic heterocycles. The van der Waals surface area contributed by atoms with E-state index in [1.807, 2.05) is 0 Å². The van der Waals surface area contributed by atoms with Crippen molar-refractivity contribution in [1.29, 1.82) is 0 Å². The van der Waals surface area contributed by atoms with E-state index in [0.29, 0.717) is 22.5 Å². The number of amides is 2. The van der Waals surface area contributed by atoms with Crippen LogP contribution in [0.2, 0.25) is 0 Å². The van der Waals surface area contributed by atoms with Gasteiger partial charge in [-0.25, -0.2) is 0 Å². The summed E-state index contributed by atoms with van der Waals surface area (Å²) in [7, 11) is 0. The highest BCUT2D eigenvalue weighted by Crippen LogP contribution is 2.19. The number of nitro groups is 2. The molecule has 5 aromatic rings. The Balaban J connectivity index is 1.17. The third kappa shape index (κ3) is 8.92. The van der Waals surface area contributed by atoms with Crippen LogP contribution in [0.15, 0.2) is 133 Å². The minimum Gasteiger partial charge on any atom is -0.322 e. The molecule has 2 N–H and O–H groups in total. The predicted molar refractivity (Wildman–Crippen MR) is 188 cm³/mol. The molecule has 5 rings (SSSR count). The summed E-state index contributed by atoms with van der Waals surface area (Å²) in [5.41, 5.74) is 2.59. The highest BCUT2D eigenvalue weighted by Gasteiger charge is 2.14. The molecule has 50 heavy (non-hydrogen) atoms. The van der Waals surface area contributed by atoms with Crippen LogP contribution in [0.5, 0.6) is 0 Å². The van der Waals surface area contributed by atoms with Crippen molar-refractivity contribution < 1.29 is 29.0 Å². The topological polar surface area (TPSA) is 179 Å². The second-order valence-electron chi connectivity index (χ2n) is 10.7. The van der Waals surface area contributed by atoms with Crippen molar-refractivity contribution in [1.82, 2.24) is 0 Å². The fraction of sp³-hybridized carbons (Fsp3) is 0. The molecule has 0 radical (unpaired) electrons. The predicted octanol–water partition coefficient (Wildman–Crippen LogP) is 7.80. The van der Waals surface area contributed by atoms with Gasteiger partial charge in [-0.15, -0.1) is 0 Å². The van der Waals surface area contributed by atoms with Crippen molar-refractivity contribution in [3.63, 3.8) is 0 Å². The Morgan fingerprint density at radius 1 is 0.480 bits per heavy atom. The van der Waals surface area contributed by atoms with Crippen LogP contribution in [0.3, 0.4) is 0 Å². The number of benzene rings is 5. The molecule has 0 aliphatic heterocycles. The smallest absolute Gasteiger partial charge is 0.270 e. The van der Waals surface area contributed by atoms with E-state index in [4.69, 9.17) is 0 Å². The fourth-order valence-corrected chi connectivity index (χ4v) is 4.68. The molecular weight excluding hydrogens is 640 g/mol. The molecule has 0 bridgehead atoms. The number of nitrogens with one attached hydrogen (secondary N) is 2. The van der Waals surface area contributed by atoms with Crippen LogP contribution in [0, 0.1) is 20.2 Å². The molecule has 0 atom stereocenters. The number of allylic oxidation sites excluding steroid dienone is 2. The van der Waals surface area contributed by atoms with Crippen LogP contribution in [0.25, 0.3) is 12.2 Å². The van der Waals surface area contributed by atoms with Gasteiger partial charge in [-0.3, -0.25) is 39.4 Å². The van der Waals surface area contributed by atoms with E-state index in [1.165, 1.54) is 72.8 Å². The first-order valence-corrected chi connectivity index (χ1v) is 14.9. The normalized spacial score (nSPS) is 10.9. The quantitative estimate of drug-likeness (QED) is 0.0586. The summed E-state index contributed by atoms with van der Waals surface area (Å²) < 4.78 is 0. The van der Waals surface area contributed by atoms with E-state index >= 15 is 0 Å². The average Bonchev–Trinajstić information content (AvgIpc) is 3.13. The lowest BCUT2D eigenvalue weighted by Crippen LogP contribution is -2.12. The van der Waals surface area contributed by atoms with Gasteiger partial charge in [0.25, 0.3) is 23.2 Å². The molecule has 0 heterocycles. The minimum absolute atomic E-state index is 0.107. The molecule has 0 aliphatic rings. The monoisotopic (exact) mass is 666 g/mol. The number of non-ortho nitro benzene ring substituents is 2. The van der Waals surface area contributed by atoms with Crippen LogP contribution >= 0.6 is 0 Å². The van der Waals surface area contributed by atoms with Crippen molar-refractivity contribution >= 4 is 58.3 Å². The van der Waals surface area contributed by atoms with Gasteiger partial charge in [0.1, 0.15) is 0 Å². The zero-order chi connectivity index (χ0) is 35.6. The number of nitro benzene ring substituents is 2. The Bertz CT molecular complexity index is 2050. The van der Waals surface area contributed by atoms with Crippen molar-refractivity contribution in [2.45, 2.75) is 0 Å². The Morgan fingerprint density at radius 2 is 0.840 bits per heavy atom. The van der Waals surface area contributed by atoms with E-state index in [9.17, 15) is 39.4 Å². The molecule has 12 heteroatoms. The highest BCUT2D eigenvalue weighted by atomic mass is 16.6. The number of rotatable bonds is 12. The Hall–Kier alpha value is -7.34. The Kier molecular flexibility index (Phi) is 10.5. The molecule has 246 valence electrons. The van der Waals surface area contributed by atoms with Crippen LogP contribution in [-0.2, 0) is 0 Å². The molecular formula is C38H26N4O8. The number of hydrogen-bond donors (Lipinski definition) is 2. The summed E-state index contributed by atoms with van der Waals surface area (Å²) in [5, 5.41) is 27.3. The van der Waals surface area contributed by atoms with E-state index < -0.39 is 21.7 Å². The summed E-state index contributed by atoms with van der Waals surface area (Å²) in [6.45, 7) is 0. The maximum atomic E-state index is 12.8. The maximum Gasteiger partial charge on any atom is 0.270 e. The van der Waals surface area contributed by atoms with Crippen LogP contribution in [0.4, 0.5) is 22.7 Å². The zero-order valence-electron chi connectivity index (χ0n) is 26.0. The molecule has 2 amide bonds. The lowest BCUT2D eigenvalue weighted by atomic mass is 10.1. The fourth-order valence-electron chi connectivity index (χ4n) is 4.68. The lowest BCUT2D eigenvalue weighted by Gasteiger charge is -2.06. The van der Waals surface area contributed by atoms with Gasteiger partial charge in [-0.05, 0) is 59.7 Å². The average molecular weight is 667 g/mol. The van der Waals surface area contributed by atoms with E-state index in [0.717, 1.165) is 11.1 Å². The number of ketones is 2. The van der Waals surface area contributed by atoms with Gasteiger partial charge in [-0.1, -0.05) is 72.8 Å². The second-order valence-corrected chi connectivity index (χ2v) is 10.7. The van der Waals surface area contributed by atoms with Gasteiger partial charge in [-0.2, -0.15) is 0 Å². The minimum atomic E-state index is -0.588. The largest absolute Gasteiger partial charge is 0.322 e.